The molecule has 2 rings (SSSR count). The molecule has 106 valence electrons. The number of aromatic amines is 1. The van der Waals surface area contributed by atoms with Crippen molar-refractivity contribution in [3.05, 3.63) is 48.3 Å². The van der Waals surface area contributed by atoms with Gasteiger partial charge in [-0.2, -0.15) is 0 Å². The second-order valence-corrected chi connectivity index (χ2v) is 5.46. The molecule has 0 saturated carbocycles. The normalized spacial score (nSPS) is 13.8. The highest BCUT2D eigenvalue weighted by molar-refractivity contribution is 7.99. The number of carbonyl (C=O) groups is 1. The zero-order chi connectivity index (χ0) is 14.4. The Balaban J connectivity index is 2.13. The maximum atomic E-state index is 12.0. The van der Waals surface area contributed by atoms with Crippen LogP contribution in [0.3, 0.4) is 0 Å². The largest absolute Gasteiger partial charge is 0.368 e. The lowest BCUT2D eigenvalue weighted by Gasteiger charge is -2.30. The molecule has 0 spiro atoms. The number of rotatable bonds is 7. The van der Waals surface area contributed by atoms with E-state index < -0.39 is 5.54 Å². The minimum absolute atomic E-state index is 0.369. The smallest absolute Gasteiger partial charge is 0.242 e. The highest BCUT2D eigenvalue weighted by Crippen LogP contribution is 2.27. The van der Waals surface area contributed by atoms with Crippen LogP contribution in [0.2, 0.25) is 0 Å². The van der Waals surface area contributed by atoms with E-state index in [4.69, 9.17) is 5.73 Å². The molecule has 2 aromatic rings. The third kappa shape index (κ3) is 3.02. The van der Waals surface area contributed by atoms with Crippen LogP contribution in [-0.4, -0.2) is 28.7 Å². The Bertz CT molecular complexity index is 544. The lowest BCUT2D eigenvalue weighted by Crippen LogP contribution is -2.51. The van der Waals surface area contributed by atoms with E-state index in [0.29, 0.717) is 6.42 Å². The molecular formula is C14H18N4OS. The van der Waals surface area contributed by atoms with Crippen LogP contribution >= 0.6 is 11.8 Å². The topological polar surface area (TPSA) is 83.8 Å². The minimum Gasteiger partial charge on any atom is -0.368 e. The summed E-state index contributed by atoms with van der Waals surface area (Å²) in [5, 5.41) is 3.93. The van der Waals surface area contributed by atoms with Gasteiger partial charge in [0.05, 0.1) is 0 Å². The number of H-pyrrole nitrogens is 1. The van der Waals surface area contributed by atoms with E-state index >= 15 is 0 Å². The number of hydrogen-bond donors (Lipinski definition) is 3. The maximum absolute atomic E-state index is 12.0. The van der Waals surface area contributed by atoms with Crippen molar-refractivity contribution in [1.82, 2.24) is 15.3 Å². The zero-order valence-electron chi connectivity index (χ0n) is 11.3. The fourth-order valence-corrected chi connectivity index (χ4v) is 3.04. The fraction of sp³-hybridized carbons (Fsp3) is 0.286. The van der Waals surface area contributed by atoms with Crippen molar-refractivity contribution in [3.63, 3.8) is 0 Å². The van der Waals surface area contributed by atoms with Gasteiger partial charge in [-0.05, 0) is 19.0 Å². The monoisotopic (exact) mass is 290 g/mol. The molecule has 0 bridgehead atoms. The molecule has 6 heteroatoms. The summed E-state index contributed by atoms with van der Waals surface area (Å²) in [7, 11) is 1.76. The number of nitrogens with one attached hydrogen (secondary N) is 2. The molecule has 4 N–H and O–H groups in total. The van der Waals surface area contributed by atoms with E-state index in [1.54, 1.807) is 31.2 Å². The third-order valence-corrected chi connectivity index (χ3v) is 4.21. The van der Waals surface area contributed by atoms with Crippen molar-refractivity contribution < 1.29 is 4.79 Å². The van der Waals surface area contributed by atoms with Crippen LogP contribution in [0.5, 0.6) is 0 Å². The fourth-order valence-electron chi connectivity index (χ4n) is 2.16. The molecule has 1 unspecified atom stereocenters. The van der Waals surface area contributed by atoms with Gasteiger partial charge in [-0.25, -0.2) is 4.98 Å². The van der Waals surface area contributed by atoms with Crippen molar-refractivity contribution in [2.24, 2.45) is 5.73 Å². The molecule has 1 amide bonds. The molecule has 1 aromatic carbocycles. The van der Waals surface area contributed by atoms with Gasteiger partial charge in [0.1, 0.15) is 5.54 Å². The van der Waals surface area contributed by atoms with Crippen LogP contribution in [0.1, 0.15) is 12.0 Å². The van der Waals surface area contributed by atoms with E-state index in [9.17, 15) is 4.79 Å². The van der Waals surface area contributed by atoms with Crippen LogP contribution in [0, 0.1) is 0 Å². The Morgan fingerprint density at radius 2 is 2.20 bits per heavy atom. The Labute approximate surface area is 122 Å². The van der Waals surface area contributed by atoms with Crippen molar-refractivity contribution >= 4 is 17.7 Å². The lowest BCUT2D eigenvalue weighted by atomic mass is 9.86. The highest BCUT2D eigenvalue weighted by Gasteiger charge is 2.36. The SMILES string of the molecule is CNC(CCSc1ncc[nH]1)(C(N)=O)c1ccccc1. The second kappa shape index (κ2) is 6.58. The Morgan fingerprint density at radius 1 is 1.45 bits per heavy atom. The van der Waals surface area contributed by atoms with Crippen LogP contribution in [0.15, 0.2) is 47.9 Å². The molecule has 1 heterocycles. The number of nitrogens with two attached hydrogens (primary N) is 1. The first-order valence-electron chi connectivity index (χ1n) is 6.35. The van der Waals surface area contributed by atoms with Crippen molar-refractivity contribution in [1.29, 1.82) is 0 Å². The second-order valence-electron chi connectivity index (χ2n) is 4.38. The molecule has 0 aliphatic heterocycles. The number of hydrogen-bond acceptors (Lipinski definition) is 4. The predicted octanol–water partition coefficient (Wildman–Crippen LogP) is 1.49. The number of aromatic nitrogens is 2. The molecule has 0 fully saturated rings. The first-order valence-corrected chi connectivity index (χ1v) is 7.34. The number of imidazole rings is 1. The van der Waals surface area contributed by atoms with Gasteiger partial charge in [0.15, 0.2) is 5.16 Å². The van der Waals surface area contributed by atoms with Gasteiger partial charge in [0.25, 0.3) is 0 Å². The molecule has 0 radical (unpaired) electrons. The lowest BCUT2D eigenvalue weighted by molar-refractivity contribution is -0.124. The standard InChI is InChI=1S/C14H18N4OS/c1-16-14(12(15)19,11-5-3-2-4-6-11)7-10-20-13-17-8-9-18-13/h2-6,8-9,16H,7,10H2,1H3,(H2,15,19)(H,17,18). The predicted molar refractivity (Wildman–Crippen MR) is 80.3 cm³/mol. The summed E-state index contributed by atoms with van der Waals surface area (Å²) in [5.74, 6) is 0.359. The summed E-state index contributed by atoms with van der Waals surface area (Å²) in [6.45, 7) is 0. The highest BCUT2D eigenvalue weighted by atomic mass is 32.2. The summed E-state index contributed by atoms with van der Waals surface area (Å²) in [4.78, 5) is 19.1. The average molecular weight is 290 g/mol. The molecule has 0 aliphatic carbocycles. The summed E-state index contributed by atoms with van der Waals surface area (Å²) < 4.78 is 0. The van der Waals surface area contributed by atoms with Crippen LogP contribution in [-0.2, 0) is 10.3 Å². The Kier molecular flexibility index (Phi) is 4.81. The number of benzene rings is 1. The molecule has 0 saturated heterocycles. The molecular weight excluding hydrogens is 272 g/mol. The molecule has 5 nitrogen and oxygen atoms in total. The summed E-state index contributed by atoms with van der Waals surface area (Å²) in [6, 6.07) is 9.56. The maximum Gasteiger partial charge on any atom is 0.242 e. The Morgan fingerprint density at radius 3 is 2.75 bits per heavy atom. The van der Waals surface area contributed by atoms with Gasteiger partial charge in [-0.1, -0.05) is 42.1 Å². The van der Waals surface area contributed by atoms with Gasteiger partial charge >= 0.3 is 0 Å². The molecule has 0 aliphatic rings. The number of thioether (sulfide) groups is 1. The van der Waals surface area contributed by atoms with E-state index in [0.717, 1.165) is 16.5 Å². The summed E-state index contributed by atoms with van der Waals surface area (Å²) in [5.41, 5.74) is 5.68. The quantitative estimate of drug-likeness (QED) is 0.675. The van der Waals surface area contributed by atoms with E-state index in [1.807, 2.05) is 30.3 Å². The van der Waals surface area contributed by atoms with Crippen LogP contribution in [0.4, 0.5) is 0 Å². The number of likely N-dealkylation sites (N-methyl/N-ethyl adjacent to an activating group) is 1. The summed E-state index contributed by atoms with van der Waals surface area (Å²) >= 11 is 1.57. The minimum atomic E-state index is -0.846. The van der Waals surface area contributed by atoms with Crippen molar-refractivity contribution in [2.45, 2.75) is 17.1 Å². The molecule has 1 aromatic heterocycles. The van der Waals surface area contributed by atoms with E-state index in [1.165, 1.54) is 0 Å². The van der Waals surface area contributed by atoms with Gasteiger partial charge < -0.3 is 16.0 Å². The number of nitrogens with zero attached hydrogens (tertiary/aromatic N) is 1. The third-order valence-electron chi connectivity index (χ3n) is 3.30. The van der Waals surface area contributed by atoms with Gasteiger partial charge in [0.2, 0.25) is 5.91 Å². The molecule has 20 heavy (non-hydrogen) atoms. The van der Waals surface area contributed by atoms with Crippen LogP contribution < -0.4 is 11.1 Å². The van der Waals surface area contributed by atoms with Crippen molar-refractivity contribution in [2.75, 3.05) is 12.8 Å². The first kappa shape index (κ1) is 14.6. The van der Waals surface area contributed by atoms with Crippen molar-refractivity contribution in [3.8, 4) is 0 Å². The first-order chi connectivity index (χ1) is 9.69. The van der Waals surface area contributed by atoms with E-state index in [2.05, 4.69) is 15.3 Å². The summed E-state index contributed by atoms with van der Waals surface area (Å²) in [6.07, 6.45) is 4.08. The van der Waals surface area contributed by atoms with Gasteiger partial charge in [-0.3, -0.25) is 4.79 Å². The van der Waals surface area contributed by atoms with Gasteiger partial charge in [0, 0.05) is 18.1 Å². The zero-order valence-corrected chi connectivity index (χ0v) is 12.1. The van der Waals surface area contributed by atoms with Gasteiger partial charge in [-0.15, -0.1) is 0 Å². The van der Waals surface area contributed by atoms with E-state index in [-0.39, 0.29) is 5.91 Å². The molecule has 1 atom stereocenters. The van der Waals surface area contributed by atoms with Crippen LogP contribution in [0.25, 0.3) is 0 Å². The number of carbonyl (C=O) groups excluding carboxylic acids is 1. The number of primary amides is 1. The number of amides is 1. The average Bonchev–Trinajstić information content (AvgIpc) is 2.97. The Hall–Kier alpha value is -1.79.